The zero-order valence-electron chi connectivity index (χ0n) is 18.4. The molecule has 1 unspecified atom stereocenters. The SMILES string of the molecule is CC1=C(C(=O)OC(C)C)C(c2cccc(NC(=O)Cc3ccc(F)cc3)c2)NC(=O)N1C. The van der Waals surface area contributed by atoms with E-state index in [4.69, 9.17) is 4.74 Å². The van der Waals surface area contributed by atoms with Gasteiger partial charge in [-0.2, -0.15) is 0 Å². The van der Waals surface area contributed by atoms with Crippen LogP contribution < -0.4 is 10.6 Å². The maximum atomic E-state index is 13.1. The third-order valence-corrected chi connectivity index (χ3v) is 5.10. The van der Waals surface area contributed by atoms with E-state index in [0.717, 1.165) is 0 Å². The molecule has 2 aromatic rings. The summed E-state index contributed by atoms with van der Waals surface area (Å²) in [4.78, 5) is 39.0. The average Bonchev–Trinajstić information content (AvgIpc) is 2.73. The van der Waals surface area contributed by atoms with Gasteiger partial charge in [0.2, 0.25) is 5.91 Å². The summed E-state index contributed by atoms with van der Waals surface area (Å²) in [5, 5.41) is 5.63. The number of hydrogen-bond acceptors (Lipinski definition) is 4. The van der Waals surface area contributed by atoms with Crippen molar-refractivity contribution in [1.29, 1.82) is 0 Å². The van der Waals surface area contributed by atoms with Crippen molar-refractivity contribution in [2.75, 3.05) is 12.4 Å². The van der Waals surface area contributed by atoms with Crippen LogP contribution in [-0.2, 0) is 20.7 Å². The molecule has 0 saturated heterocycles. The van der Waals surface area contributed by atoms with Crippen LogP contribution in [0, 0.1) is 5.82 Å². The van der Waals surface area contributed by atoms with E-state index in [9.17, 15) is 18.8 Å². The molecule has 8 heteroatoms. The first kappa shape index (κ1) is 23.0. The van der Waals surface area contributed by atoms with Crippen LogP contribution in [0.2, 0.25) is 0 Å². The van der Waals surface area contributed by atoms with Gasteiger partial charge < -0.3 is 20.3 Å². The minimum Gasteiger partial charge on any atom is -0.459 e. The molecule has 0 spiro atoms. The molecule has 0 bridgehead atoms. The molecule has 32 heavy (non-hydrogen) atoms. The predicted molar refractivity (Wildman–Crippen MR) is 118 cm³/mol. The third-order valence-electron chi connectivity index (χ3n) is 5.10. The molecule has 7 nitrogen and oxygen atoms in total. The van der Waals surface area contributed by atoms with Gasteiger partial charge in [-0.1, -0.05) is 24.3 Å². The Morgan fingerprint density at radius 3 is 2.53 bits per heavy atom. The monoisotopic (exact) mass is 439 g/mol. The van der Waals surface area contributed by atoms with Crippen LogP contribution in [0.1, 0.15) is 37.9 Å². The molecule has 1 aliphatic heterocycles. The van der Waals surface area contributed by atoms with Crippen LogP contribution >= 0.6 is 0 Å². The maximum Gasteiger partial charge on any atom is 0.338 e. The highest BCUT2D eigenvalue weighted by atomic mass is 19.1. The number of carbonyl (C=O) groups excluding carboxylic acids is 3. The Bertz CT molecular complexity index is 1060. The number of allylic oxidation sites excluding steroid dienone is 1. The number of benzene rings is 2. The minimum absolute atomic E-state index is 0.0838. The van der Waals surface area contributed by atoms with E-state index >= 15 is 0 Å². The Morgan fingerprint density at radius 2 is 1.88 bits per heavy atom. The van der Waals surface area contributed by atoms with Gasteiger partial charge in [0.05, 0.1) is 24.1 Å². The topological polar surface area (TPSA) is 87.7 Å². The molecule has 3 rings (SSSR count). The second-order valence-corrected chi connectivity index (χ2v) is 7.87. The average molecular weight is 439 g/mol. The fourth-order valence-corrected chi connectivity index (χ4v) is 3.42. The van der Waals surface area contributed by atoms with E-state index in [1.54, 1.807) is 64.2 Å². The van der Waals surface area contributed by atoms with Crippen LogP contribution in [0.15, 0.2) is 59.8 Å². The van der Waals surface area contributed by atoms with Gasteiger partial charge in [0.1, 0.15) is 5.82 Å². The number of nitrogens with one attached hydrogen (secondary N) is 2. The first-order valence-electron chi connectivity index (χ1n) is 10.3. The molecule has 0 fully saturated rings. The van der Waals surface area contributed by atoms with Gasteiger partial charge in [-0.15, -0.1) is 0 Å². The van der Waals surface area contributed by atoms with E-state index in [0.29, 0.717) is 28.1 Å². The lowest BCUT2D eigenvalue weighted by atomic mass is 9.94. The molecule has 1 heterocycles. The third kappa shape index (κ3) is 5.32. The number of anilines is 1. The van der Waals surface area contributed by atoms with E-state index < -0.39 is 12.0 Å². The summed E-state index contributed by atoms with van der Waals surface area (Å²) in [6, 6.07) is 11.6. The lowest BCUT2D eigenvalue weighted by Crippen LogP contribution is -2.46. The Morgan fingerprint density at radius 1 is 1.19 bits per heavy atom. The maximum absolute atomic E-state index is 13.1. The van der Waals surface area contributed by atoms with E-state index in [1.807, 2.05) is 0 Å². The van der Waals surface area contributed by atoms with E-state index in [-0.39, 0.29) is 30.3 Å². The lowest BCUT2D eigenvalue weighted by Gasteiger charge is -2.33. The number of esters is 1. The van der Waals surface area contributed by atoms with Crippen LogP contribution in [0.4, 0.5) is 14.9 Å². The number of rotatable bonds is 6. The van der Waals surface area contributed by atoms with Crippen LogP contribution in [0.25, 0.3) is 0 Å². The highest BCUT2D eigenvalue weighted by Gasteiger charge is 2.35. The van der Waals surface area contributed by atoms with Crippen LogP contribution in [0.5, 0.6) is 0 Å². The van der Waals surface area contributed by atoms with Gasteiger partial charge in [-0.3, -0.25) is 4.79 Å². The van der Waals surface area contributed by atoms with Crippen LogP contribution in [-0.4, -0.2) is 36.0 Å². The van der Waals surface area contributed by atoms with Gasteiger partial charge in [0, 0.05) is 18.4 Å². The molecule has 0 radical (unpaired) electrons. The van der Waals surface area contributed by atoms with Crippen molar-refractivity contribution < 1.29 is 23.5 Å². The van der Waals surface area contributed by atoms with Crippen molar-refractivity contribution in [3.63, 3.8) is 0 Å². The van der Waals surface area contributed by atoms with Crippen molar-refractivity contribution in [3.05, 3.63) is 76.7 Å². The highest BCUT2D eigenvalue weighted by molar-refractivity contribution is 5.95. The summed E-state index contributed by atoms with van der Waals surface area (Å²) in [6.07, 6.45) is -0.232. The number of carbonyl (C=O) groups is 3. The Kier molecular flexibility index (Phi) is 6.92. The number of nitrogens with zero attached hydrogens (tertiary/aromatic N) is 1. The molecule has 0 aliphatic carbocycles. The number of halogens is 1. The number of urea groups is 1. The number of ether oxygens (including phenoxy) is 1. The quantitative estimate of drug-likeness (QED) is 0.668. The summed E-state index contributed by atoms with van der Waals surface area (Å²) in [5.74, 6) is -1.15. The largest absolute Gasteiger partial charge is 0.459 e. The van der Waals surface area contributed by atoms with Crippen molar-refractivity contribution in [1.82, 2.24) is 10.2 Å². The standard InChI is InChI=1S/C24H26FN3O4/c1-14(2)32-23(30)21-15(3)28(4)24(31)27-22(21)17-6-5-7-19(13-17)26-20(29)12-16-8-10-18(25)11-9-16/h5-11,13-14,22H,12H2,1-4H3,(H,26,29)(H,27,31). The molecule has 1 atom stereocenters. The first-order chi connectivity index (χ1) is 15.2. The normalized spacial score (nSPS) is 16.1. The van der Waals surface area contributed by atoms with Gasteiger partial charge >= 0.3 is 12.0 Å². The minimum atomic E-state index is -0.723. The predicted octanol–water partition coefficient (Wildman–Crippen LogP) is 3.93. The smallest absolute Gasteiger partial charge is 0.338 e. The molecular weight excluding hydrogens is 413 g/mol. The van der Waals surface area contributed by atoms with Crippen molar-refractivity contribution in [3.8, 4) is 0 Å². The summed E-state index contributed by atoms with van der Waals surface area (Å²) in [7, 11) is 1.58. The zero-order chi connectivity index (χ0) is 23.4. The molecule has 0 aromatic heterocycles. The summed E-state index contributed by atoms with van der Waals surface area (Å²) < 4.78 is 18.5. The highest BCUT2D eigenvalue weighted by Crippen LogP contribution is 2.32. The van der Waals surface area contributed by atoms with E-state index in [2.05, 4.69) is 10.6 Å². The summed E-state index contributed by atoms with van der Waals surface area (Å²) in [5.41, 5.74) is 2.64. The van der Waals surface area contributed by atoms with Gasteiger partial charge in [-0.25, -0.2) is 14.0 Å². The Balaban J connectivity index is 1.84. The zero-order valence-corrected chi connectivity index (χ0v) is 18.4. The lowest BCUT2D eigenvalue weighted by molar-refractivity contribution is -0.143. The number of amides is 3. The molecular formula is C24H26FN3O4. The van der Waals surface area contributed by atoms with Crippen molar-refractivity contribution in [2.24, 2.45) is 0 Å². The Labute approximate surface area is 186 Å². The molecule has 0 saturated carbocycles. The molecule has 168 valence electrons. The fourth-order valence-electron chi connectivity index (χ4n) is 3.42. The van der Waals surface area contributed by atoms with E-state index in [1.165, 1.54) is 17.0 Å². The second-order valence-electron chi connectivity index (χ2n) is 7.87. The first-order valence-corrected chi connectivity index (χ1v) is 10.3. The van der Waals surface area contributed by atoms with Crippen molar-refractivity contribution >= 4 is 23.6 Å². The van der Waals surface area contributed by atoms with Gasteiger partial charge in [0.15, 0.2) is 0 Å². The molecule has 2 aromatic carbocycles. The fraction of sp³-hybridized carbons (Fsp3) is 0.292. The number of hydrogen-bond donors (Lipinski definition) is 2. The molecule has 2 N–H and O–H groups in total. The summed E-state index contributed by atoms with van der Waals surface area (Å²) >= 11 is 0. The summed E-state index contributed by atoms with van der Waals surface area (Å²) in [6.45, 7) is 5.20. The molecule has 1 aliphatic rings. The van der Waals surface area contributed by atoms with Gasteiger partial charge in [-0.05, 0) is 56.2 Å². The molecule has 3 amide bonds. The Hall–Kier alpha value is -3.68. The second kappa shape index (κ2) is 9.64. The van der Waals surface area contributed by atoms with Crippen LogP contribution in [0.3, 0.4) is 0 Å². The van der Waals surface area contributed by atoms with Crippen molar-refractivity contribution in [2.45, 2.75) is 39.3 Å². The van der Waals surface area contributed by atoms with Gasteiger partial charge in [0.25, 0.3) is 0 Å².